The number of unbranched alkanes of at least 4 members (excludes halogenated alkanes) is 1. The van der Waals surface area contributed by atoms with Crippen LogP contribution >= 0.6 is 0 Å². The van der Waals surface area contributed by atoms with Gasteiger partial charge in [0.2, 0.25) is 11.8 Å². The molecular weight excluding hydrogens is 260 g/mol. The molecule has 0 radical (unpaired) electrons. The van der Waals surface area contributed by atoms with Gasteiger partial charge in [0.15, 0.2) is 0 Å². The van der Waals surface area contributed by atoms with Crippen LogP contribution in [0.1, 0.15) is 47.0 Å². The van der Waals surface area contributed by atoms with Gasteiger partial charge in [-0.05, 0) is 12.3 Å². The van der Waals surface area contributed by atoms with Crippen molar-refractivity contribution in [2.24, 2.45) is 5.92 Å². The van der Waals surface area contributed by atoms with E-state index in [2.05, 4.69) is 10.6 Å². The number of carbonyl (C=O) groups excluding carboxylic acids is 3. The Morgan fingerprint density at radius 1 is 1.15 bits per heavy atom. The van der Waals surface area contributed by atoms with Crippen molar-refractivity contribution in [1.29, 1.82) is 0 Å². The smallest absolute Gasteiger partial charge is 0.328 e. The molecule has 0 aromatic heterocycles. The van der Waals surface area contributed by atoms with E-state index in [0.717, 1.165) is 12.8 Å². The van der Waals surface area contributed by atoms with Crippen LogP contribution in [0.3, 0.4) is 0 Å². The van der Waals surface area contributed by atoms with E-state index in [9.17, 15) is 14.4 Å². The van der Waals surface area contributed by atoms with Crippen LogP contribution in [0.2, 0.25) is 0 Å². The van der Waals surface area contributed by atoms with Crippen LogP contribution in [0, 0.1) is 5.92 Å². The van der Waals surface area contributed by atoms with Crippen molar-refractivity contribution in [3.05, 3.63) is 0 Å². The van der Waals surface area contributed by atoms with Gasteiger partial charge in [-0.15, -0.1) is 0 Å². The van der Waals surface area contributed by atoms with Gasteiger partial charge in [-0.1, -0.05) is 33.6 Å². The van der Waals surface area contributed by atoms with Gasteiger partial charge in [-0.3, -0.25) is 9.59 Å². The molecule has 2 amide bonds. The second-order valence-electron chi connectivity index (χ2n) is 5.15. The molecule has 0 heterocycles. The quantitative estimate of drug-likeness (QED) is 0.652. The lowest BCUT2D eigenvalue weighted by atomic mass is 10.0. The first-order valence-electron chi connectivity index (χ1n) is 6.98. The Hall–Kier alpha value is -1.59. The zero-order valence-corrected chi connectivity index (χ0v) is 13.0. The Balaban J connectivity index is 4.76. The fourth-order valence-electron chi connectivity index (χ4n) is 1.81. The lowest BCUT2D eigenvalue weighted by molar-refractivity contribution is -0.145. The maximum absolute atomic E-state index is 12.2. The molecule has 0 aromatic carbocycles. The van der Waals surface area contributed by atoms with E-state index < -0.39 is 18.1 Å². The van der Waals surface area contributed by atoms with Crippen LogP contribution in [0.5, 0.6) is 0 Å². The van der Waals surface area contributed by atoms with Gasteiger partial charge in [-0.2, -0.15) is 0 Å². The lowest BCUT2D eigenvalue weighted by Crippen LogP contribution is -2.53. The molecule has 0 bridgehead atoms. The third kappa shape index (κ3) is 6.54. The van der Waals surface area contributed by atoms with Crippen molar-refractivity contribution in [2.75, 3.05) is 7.11 Å². The molecule has 0 rings (SSSR count). The zero-order valence-electron chi connectivity index (χ0n) is 13.0. The lowest BCUT2D eigenvalue weighted by Gasteiger charge is -2.24. The Morgan fingerprint density at radius 3 is 2.15 bits per heavy atom. The van der Waals surface area contributed by atoms with E-state index in [1.165, 1.54) is 14.0 Å². The average molecular weight is 286 g/mol. The fourth-order valence-corrected chi connectivity index (χ4v) is 1.81. The SMILES string of the molecule is CCCC[C@@H](NC(=O)[C@H](NC(C)=O)C(C)C)C(=O)OC. The summed E-state index contributed by atoms with van der Waals surface area (Å²) in [5.41, 5.74) is 0. The Bertz CT molecular complexity index is 342. The maximum atomic E-state index is 12.2. The Kier molecular flexibility index (Phi) is 8.59. The van der Waals surface area contributed by atoms with Crippen molar-refractivity contribution in [1.82, 2.24) is 10.6 Å². The van der Waals surface area contributed by atoms with Gasteiger partial charge in [-0.25, -0.2) is 4.79 Å². The van der Waals surface area contributed by atoms with Crippen molar-refractivity contribution in [2.45, 2.75) is 59.0 Å². The van der Waals surface area contributed by atoms with E-state index >= 15 is 0 Å². The van der Waals surface area contributed by atoms with E-state index in [1.54, 1.807) is 0 Å². The molecule has 6 heteroatoms. The number of nitrogens with one attached hydrogen (secondary N) is 2. The summed E-state index contributed by atoms with van der Waals surface area (Å²) in [6.07, 6.45) is 2.26. The molecule has 2 atom stereocenters. The van der Waals surface area contributed by atoms with Gasteiger partial charge in [0.05, 0.1) is 7.11 Å². The van der Waals surface area contributed by atoms with Gasteiger partial charge in [0, 0.05) is 6.92 Å². The number of esters is 1. The molecule has 0 aliphatic rings. The summed E-state index contributed by atoms with van der Waals surface area (Å²) >= 11 is 0. The van der Waals surface area contributed by atoms with Crippen LogP contribution in [0.15, 0.2) is 0 Å². The van der Waals surface area contributed by atoms with Crippen molar-refractivity contribution >= 4 is 17.8 Å². The standard InChI is InChI=1S/C14H26N2O4/c1-6-7-8-11(14(19)20-5)16-13(18)12(9(2)3)15-10(4)17/h9,11-12H,6-8H2,1-5H3,(H,15,17)(H,16,18)/t11-,12-/m1/s1. The number of methoxy groups -OCH3 is 1. The molecule has 0 aliphatic heterocycles. The van der Waals surface area contributed by atoms with Gasteiger partial charge in [0.25, 0.3) is 0 Å². The van der Waals surface area contributed by atoms with E-state index in [-0.39, 0.29) is 17.7 Å². The molecule has 0 aliphatic carbocycles. The van der Waals surface area contributed by atoms with Crippen LogP contribution in [0.4, 0.5) is 0 Å². The molecule has 116 valence electrons. The topological polar surface area (TPSA) is 84.5 Å². The zero-order chi connectivity index (χ0) is 15.7. The summed E-state index contributed by atoms with van der Waals surface area (Å²) in [6, 6.07) is -1.32. The van der Waals surface area contributed by atoms with Crippen molar-refractivity contribution in [3.8, 4) is 0 Å². The van der Waals surface area contributed by atoms with Gasteiger partial charge < -0.3 is 15.4 Å². The Morgan fingerprint density at radius 2 is 1.75 bits per heavy atom. The third-order valence-corrected chi connectivity index (χ3v) is 2.96. The normalized spacial score (nSPS) is 13.5. The van der Waals surface area contributed by atoms with Crippen molar-refractivity contribution < 1.29 is 19.1 Å². The number of amides is 2. The van der Waals surface area contributed by atoms with Crippen LogP contribution < -0.4 is 10.6 Å². The summed E-state index contributed by atoms with van der Waals surface area (Å²) in [6.45, 7) is 7.03. The van der Waals surface area contributed by atoms with Crippen LogP contribution in [0.25, 0.3) is 0 Å². The van der Waals surface area contributed by atoms with E-state index in [1.807, 2.05) is 20.8 Å². The second-order valence-corrected chi connectivity index (χ2v) is 5.15. The van der Waals surface area contributed by atoms with Crippen LogP contribution in [-0.4, -0.2) is 37.0 Å². The predicted octanol–water partition coefficient (Wildman–Crippen LogP) is 0.995. The minimum absolute atomic E-state index is 0.0663. The summed E-state index contributed by atoms with van der Waals surface area (Å²) < 4.78 is 4.69. The summed E-state index contributed by atoms with van der Waals surface area (Å²) in [5, 5.41) is 5.26. The molecule has 0 saturated carbocycles. The van der Waals surface area contributed by atoms with Gasteiger partial charge >= 0.3 is 5.97 Å². The number of carbonyl (C=O) groups is 3. The highest BCUT2D eigenvalue weighted by molar-refractivity contribution is 5.90. The van der Waals surface area contributed by atoms with Gasteiger partial charge in [0.1, 0.15) is 12.1 Å². The average Bonchev–Trinajstić information content (AvgIpc) is 2.38. The molecule has 0 unspecified atom stereocenters. The minimum Gasteiger partial charge on any atom is -0.467 e. The van der Waals surface area contributed by atoms with Crippen LogP contribution in [-0.2, 0) is 19.1 Å². The first kappa shape index (κ1) is 18.4. The third-order valence-electron chi connectivity index (χ3n) is 2.96. The molecule has 20 heavy (non-hydrogen) atoms. The molecule has 0 fully saturated rings. The second kappa shape index (κ2) is 9.34. The Labute approximate surface area is 120 Å². The highest BCUT2D eigenvalue weighted by Crippen LogP contribution is 2.06. The molecule has 2 N–H and O–H groups in total. The monoisotopic (exact) mass is 286 g/mol. The maximum Gasteiger partial charge on any atom is 0.328 e. The highest BCUT2D eigenvalue weighted by atomic mass is 16.5. The molecule has 0 spiro atoms. The molecular formula is C14H26N2O4. The molecule has 6 nitrogen and oxygen atoms in total. The summed E-state index contributed by atoms with van der Waals surface area (Å²) in [7, 11) is 1.29. The number of ether oxygens (including phenoxy) is 1. The number of rotatable bonds is 8. The van der Waals surface area contributed by atoms with E-state index in [0.29, 0.717) is 6.42 Å². The first-order chi connectivity index (χ1) is 9.33. The predicted molar refractivity (Wildman–Crippen MR) is 75.9 cm³/mol. The van der Waals surface area contributed by atoms with Crippen molar-refractivity contribution in [3.63, 3.8) is 0 Å². The molecule has 0 aromatic rings. The minimum atomic E-state index is -0.664. The molecule has 0 saturated heterocycles. The highest BCUT2D eigenvalue weighted by Gasteiger charge is 2.28. The summed E-state index contributed by atoms with van der Waals surface area (Å²) in [4.78, 5) is 35.0. The number of hydrogen-bond donors (Lipinski definition) is 2. The van der Waals surface area contributed by atoms with E-state index in [4.69, 9.17) is 4.74 Å². The summed E-state index contributed by atoms with van der Waals surface area (Å²) in [5.74, 6) is -1.16. The largest absolute Gasteiger partial charge is 0.467 e. The number of hydrogen-bond acceptors (Lipinski definition) is 4. The fraction of sp³-hybridized carbons (Fsp3) is 0.786. The first-order valence-corrected chi connectivity index (χ1v) is 6.98.